The molecule has 8 heteroatoms. The van der Waals surface area contributed by atoms with Crippen LogP contribution in [0.5, 0.6) is 0 Å². The highest BCUT2D eigenvalue weighted by atomic mass is 16.4. The van der Waals surface area contributed by atoms with Crippen molar-refractivity contribution in [2.75, 3.05) is 6.54 Å². The lowest BCUT2D eigenvalue weighted by Gasteiger charge is -2.32. The molecule has 0 aliphatic carbocycles. The predicted octanol–water partition coefficient (Wildman–Crippen LogP) is 0.452. The van der Waals surface area contributed by atoms with Crippen LogP contribution in [0.25, 0.3) is 0 Å². The molecule has 0 saturated carbocycles. The lowest BCUT2D eigenvalue weighted by atomic mass is 9.93. The highest BCUT2D eigenvalue weighted by Gasteiger charge is 2.33. The quantitative estimate of drug-likeness (QED) is 0.837. The maximum atomic E-state index is 12.8. The Balaban J connectivity index is 1.52. The summed E-state index contributed by atoms with van der Waals surface area (Å²) in [7, 11) is 0. The van der Waals surface area contributed by atoms with E-state index in [2.05, 4.69) is 15.3 Å². The molecule has 1 unspecified atom stereocenters. The minimum atomic E-state index is -1.06. The monoisotopic (exact) mass is 315 g/mol. The molecule has 2 aliphatic rings. The van der Waals surface area contributed by atoms with Crippen LogP contribution < -0.4 is 0 Å². The van der Waals surface area contributed by atoms with Crippen molar-refractivity contribution >= 4 is 11.9 Å². The van der Waals surface area contributed by atoms with Gasteiger partial charge in [-0.05, 0) is 12.5 Å². The number of rotatable bonds is 2. The number of carbonyl (C=O) groups excluding carboxylic acids is 1. The van der Waals surface area contributed by atoms with Gasteiger partial charge in [0.05, 0.1) is 0 Å². The van der Waals surface area contributed by atoms with Crippen LogP contribution in [0.3, 0.4) is 0 Å². The first kappa shape index (κ1) is 14.0. The molecule has 120 valence electrons. The summed E-state index contributed by atoms with van der Waals surface area (Å²) in [6, 6.07) is 1.95. The van der Waals surface area contributed by atoms with Crippen molar-refractivity contribution in [3.05, 3.63) is 34.9 Å². The Labute approximate surface area is 132 Å². The number of carboxylic acid groups (broad SMARTS) is 1. The molecule has 1 atom stereocenters. The Morgan fingerprint density at radius 1 is 1.35 bits per heavy atom. The van der Waals surface area contributed by atoms with Gasteiger partial charge in [-0.3, -0.25) is 14.6 Å². The van der Waals surface area contributed by atoms with E-state index in [1.54, 1.807) is 11.1 Å². The lowest BCUT2D eigenvalue weighted by molar-refractivity contribution is -0.137. The Hall–Kier alpha value is -2.64. The number of H-pyrrole nitrogens is 1. The van der Waals surface area contributed by atoms with E-state index in [1.165, 1.54) is 0 Å². The van der Waals surface area contributed by atoms with Crippen molar-refractivity contribution < 1.29 is 14.7 Å². The van der Waals surface area contributed by atoms with Crippen molar-refractivity contribution in [1.82, 2.24) is 24.9 Å². The average molecular weight is 315 g/mol. The summed E-state index contributed by atoms with van der Waals surface area (Å²) < 4.78 is 1.94. The number of carbonyl (C=O) groups is 2. The normalized spacial score (nSPS) is 20.0. The molecule has 23 heavy (non-hydrogen) atoms. The Morgan fingerprint density at radius 3 is 3.04 bits per heavy atom. The van der Waals surface area contributed by atoms with Crippen LogP contribution in [-0.2, 0) is 30.7 Å². The smallest absolute Gasteiger partial charge is 0.356 e. The Morgan fingerprint density at radius 2 is 2.22 bits per heavy atom. The molecular weight excluding hydrogens is 298 g/mol. The van der Waals surface area contributed by atoms with Crippen molar-refractivity contribution in [1.29, 1.82) is 0 Å². The molecule has 2 aliphatic heterocycles. The number of aromatic nitrogens is 4. The first-order valence-electron chi connectivity index (χ1n) is 7.72. The highest BCUT2D eigenvalue weighted by Crippen LogP contribution is 2.26. The van der Waals surface area contributed by atoms with Crippen LogP contribution in [0.2, 0.25) is 0 Å². The molecule has 8 nitrogen and oxygen atoms in total. The van der Waals surface area contributed by atoms with Crippen molar-refractivity contribution in [3.8, 4) is 0 Å². The number of amides is 1. The number of aromatic amines is 1. The number of carboxylic acids is 1. The zero-order valence-electron chi connectivity index (χ0n) is 12.5. The van der Waals surface area contributed by atoms with Crippen LogP contribution in [0.1, 0.15) is 33.9 Å². The number of nitrogens with one attached hydrogen (secondary N) is 1. The lowest BCUT2D eigenvalue weighted by Crippen LogP contribution is -2.42. The van der Waals surface area contributed by atoms with Crippen molar-refractivity contribution in [2.24, 2.45) is 5.92 Å². The van der Waals surface area contributed by atoms with Crippen LogP contribution in [-0.4, -0.2) is 48.4 Å². The minimum absolute atomic E-state index is 0.0271. The van der Waals surface area contributed by atoms with Gasteiger partial charge in [0.2, 0.25) is 5.91 Å². The predicted molar refractivity (Wildman–Crippen MR) is 78.7 cm³/mol. The van der Waals surface area contributed by atoms with Gasteiger partial charge in [-0.25, -0.2) is 4.79 Å². The molecule has 4 rings (SSSR count). The van der Waals surface area contributed by atoms with E-state index in [0.29, 0.717) is 31.5 Å². The number of hydrogen-bond acceptors (Lipinski definition) is 4. The maximum absolute atomic E-state index is 12.8. The standard InChI is InChI=1S/C15H17N5O3/c21-14(9-2-6-20-10(7-9)1-4-16-20)19-5-3-12-11(8-19)13(15(22)23)18-17-12/h1,4,9H,2-3,5-8H2,(H,17,18)(H,22,23). The van der Waals surface area contributed by atoms with E-state index in [0.717, 1.165) is 24.4 Å². The average Bonchev–Trinajstić information content (AvgIpc) is 3.19. The third-order valence-electron chi connectivity index (χ3n) is 4.75. The fourth-order valence-electron chi connectivity index (χ4n) is 3.50. The largest absolute Gasteiger partial charge is 0.476 e. The second kappa shape index (κ2) is 5.22. The molecule has 0 radical (unpaired) electrons. The summed E-state index contributed by atoms with van der Waals surface area (Å²) >= 11 is 0. The molecule has 2 aromatic rings. The van der Waals surface area contributed by atoms with Gasteiger partial charge in [0.25, 0.3) is 0 Å². The molecule has 0 saturated heterocycles. The fraction of sp³-hybridized carbons (Fsp3) is 0.467. The Kier molecular flexibility index (Phi) is 3.17. The molecule has 1 amide bonds. The second-order valence-electron chi connectivity index (χ2n) is 6.08. The molecule has 0 spiro atoms. The van der Waals surface area contributed by atoms with E-state index in [-0.39, 0.29) is 17.5 Å². The van der Waals surface area contributed by atoms with Gasteiger partial charge in [-0.2, -0.15) is 10.2 Å². The van der Waals surface area contributed by atoms with Crippen molar-refractivity contribution in [2.45, 2.75) is 32.4 Å². The zero-order chi connectivity index (χ0) is 16.0. The minimum Gasteiger partial charge on any atom is -0.476 e. The number of hydrogen-bond donors (Lipinski definition) is 2. The van der Waals surface area contributed by atoms with Gasteiger partial charge < -0.3 is 10.0 Å². The Bertz CT molecular complexity index is 778. The molecule has 2 N–H and O–H groups in total. The van der Waals surface area contributed by atoms with Gasteiger partial charge in [0, 0.05) is 61.5 Å². The number of aryl methyl sites for hydroxylation is 1. The fourth-order valence-corrected chi connectivity index (χ4v) is 3.50. The van der Waals surface area contributed by atoms with Gasteiger partial charge in [-0.1, -0.05) is 0 Å². The van der Waals surface area contributed by atoms with Gasteiger partial charge in [0.15, 0.2) is 5.69 Å². The number of aromatic carboxylic acids is 1. The van der Waals surface area contributed by atoms with Gasteiger partial charge in [-0.15, -0.1) is 0 Å². The first-order chi connectivity index (χ1) is 11.1. The van der Waals surface area contributed by atoms with E-state index in [4.69, 9.17) is 0 Å². The molecule has 0 bridgehead atoms. The molecule has 0 aromatic carbocycles. The molecular formula is C15H17N5O3. The van der Waals surface area contributed by atoms with Crippen molar-refractivity contribution in [3.63, 3.8) is 0 Å². The summed E-state index contributed by atoms with van der Waals surface area (Å²) in [6.07, 6.45) is 3.85. The van der Waals surface area contributed by atoms with E-state index < -0.39 is 5.97 Å². The molecule has 2 aromatic heterocycles. The van der Waals surface area contributed by atoms with Gasteiger partial charge in [0.1, 0.15) is 0 Å². The number of fused-ring (bicyclic) bond motifs is 2. The van der Waals surface area contributed by atoms with E-state index >= 15 is 0 Å². The zero-order valence-corrected chi connectivity index (χ0v) is 12.5. The summed E-state index contributed by atoms with van der Waals surface area (Å²) in [4.78, 5) is 25.8. The molecule has 0 fully saturated rings. The second-order valence-corrected chi connectivity index (χ2v) is 6.08. The van der Waals surface area contributed by atoms with Crippen LogP contribution in [0.4, 0.5) is 0 Å². The summed E-state index contributed by atoms with van der Waals surface area (Å²) in [5.74, 6) is -1.01. The van der Waals surface area contributed by atoms with Crippen LogP contribution in [0.15, 0.2) is 12.3 Å². The summed E-state index contributed by atoms with van der Waals surface area (Å²) in [5, 5.41) is 20.1. The molecule has 4 heterocycles. The third-order valence-corrected chi connectivity index (χ3v) is 4.75. The topological polar surface area (TPSA) is 104 Å². The van der Waals surface area contributed by atoms with Crippen LogP contribution in [0, 0.1) is 5.92 Å². The SMILES string of the molecule is O=C(O)c1n[nH]c2c1CN(C(=O)C1CCn3nccc3C1)CC2. The van der Waals surface area contributed by atoms with E-state index in [1.807, 2.05) is 10.7 Å². The highest BCUT2D eigenvalue weighted by molar-refractivity contribution is 5.88. The summed E-state index contributed by atoms with van der Waals surface area (Å²) in [5.41, 5.74) is 2.58. The third kappa shape index (κ3) is 2.30. The van der Waals surface area contributed by atoms with Crippen LogP contribution >= 0.6 is 0 Å². The van der Waals surface area contributed by atoms with Gasteiger partial charge >= 0.3 is 5.97 Å². The summed E-state index contributed by atoms with van der Waals surface area (Å²) in [6.45, 7) is 1.68. The maximum Gasteiger partial charge on any atom is 0.356 e. The first-order valence-corrected chi connectivity index (χ1v) is 7.72. The van der Waals surface area contributed by atoms with E-state index in [9.17, 15) is 14.7 Å². The number of nitrogens with zero attached hydrogens (tertiary/aromatic N) is 4.